The van der Waals surface area contributed by atoms with Crippen LogP contribution in [0.1, 0.15) is 301 Å². The summed E-state index contributed by atoms with van der Waals surface area (Å²) in [5, 5.41) is 2.40. The van der Waals surface area contributed by atoms with Gasteiger partial charge in [0.05, 0.1) is 44.4 Å². The Bertz CT molecular complexity index is 7230. The maximum Gasteiger partial charge on any atom is 0.252 e. The van der Waals surface area contributed by atoms with Gasteiger partial charge in [-0.15, -0.1) is 0 Å². The molecule has 2 aliphatic rings. The largest absolute Gasteiger partial charge is 0.310 e. The third kappa shape index (κ3) is 15.6. The molecule has 4 heterocycles. The minimum absolute atomic E-state index is 0.0146. The van der Waals surface area contributed by atoms with Crippen LogP contribution in [0.4, 0.5) is 34.1 Å². The molecule has 0 radical (unpaired) electrons. The van der Waals surface area contributed by atoms with E-state index in [0.29, 0.717) is 5.69 Å². The number of fused-ring (bicyclic) bond motifs is 10. The van der Waals surface area contributed by atoms with E-state index < -0.39 is 52.5 Å². The summed E-state index contributed by atoms with van der Waals surface area (Å²) in [4.78, 5) is 5.31. The Kier molecular flexibility index (Phi) is 18.4. The fraction of sp³-hybridized carbons (Fsp3) is 0.361. The second-order valence-electron chi connectivity index (χ2n) is 48.4. The number of hydrogen-bond acceptors (Lipinski definition) is 2. The molecule has 5 heteroatoms. The van der Waals surface area contributed by atoms with Gasteiger partial charge in [-0.25, -0.2) is 0 Å². The smallest absolute Gasteiger partial charge is 0.252 e. The lowest BCUT2D eigenvalue weighted by Crippen LogP contribution is -2.61. The van der Waals surface area contributed by atoms with Gasteiger partial charge in [0.25, 0.3) is 6.71 Å². The Morgan fingerprint density at radius 2 is 0.551 bits per heavy atom. The van der Waals surface area contributed by atoms with Gasteiger partial charge in [0, 0.05) is 77.9 Å². The number of nitrogens with zero attached hydrogens (tertiary/aromatic N) is 4. The van der Waals surface area contributed by atoms with Crippen LogP contribution in [0.3, 0.4) is 0 Å². The fourth-order valence-corrected chi connectivity index (χ4v) is 19.6. The molecule has 650 valence electrons. The quantitative estimate of drug-likeness (QED) is 0.141. The molecule has 0 saturated heterocycles. The summed E-state index contributed by atoms with van der Waals surface area (Å²) in [6.45, 7) is 76.2. The molecule has 0 spiro atoms. The van der Waals surface area contributed by atoms with Crippen molar-refractivity contribution in [1.82, 2.24) is 9.13 Å². The van der Waals surface area contributed by atoms with Crippen LogP contribution in [0.25, 0.3) is 99.5 Å². The molecule has 127 heavy (non-hydrogen) atoms. The molecule has 0 aliphatic carbocycles. The molecule has 4 nitrogen and oxygen atoms in total. The van der Waals surface area contributed by atoms with Crippen LogP contribution in [0.2, 0.25) is 0 Å². The van der Waals surface area contributed by atoms with E-state index in [1.165, 1.54) is 60.8 Å². The number of benzene rings is 13. The highest BCUT2D eigenvalue weighted by molar-refractivity contribution is 7.00. The van der Waals surface area contributed by atoms with Crippen molar-refractivity contribution in [1.29, 1.82) is 0 Å². The van der Waals surface area contributed by atoms with E-state index >= 15 is 0 Å². The lowest BCUT2D eigenvalue weighted by molar-refractivity contribution is 0.568. The van der Waals surface area contributed by atoms with Crippen molar-refractivity contribution < 1.29 is 11.0 Å². The van der Waals surface area contributed by atoms with Crippen molar-refractivity contribution in [3.8, 4) is 55.9 Å². The Morgan fingerprint density at radius 1 is 0.236 bits per heavy atom. The van der Waals surface area contributed by atoms with E-state index in [-0.39, 0.29) is 83.9 Å². The average Bonchev–Trinajstić information content (AvgIpc) is 1.43. The minimum Gasteiger partial charge on any atom is -0.310 e. The molecule has 0 unspecified atom stereocenters. The average molecular weight is 1680 g/mol. The van der Waals surface area contributed by atoms with E-state index in [4.69, 9.17) is 0 Å². The molecule has 0 amide bonds. The molecular weight excluding hydrogens is 1530 g/mol. The highest BCUT2D eigenvalue weighted by atomic mass is 15.2. The van der Waals surface area contributed by atoms with E-state index in [1.807, 2.05) is 6.07 Å². The van der Waals surface area contributed by atoms with Crippen LogP contribution in [0.5, 0.6) is 0 Å². The lowest BCUT2D eigenvalue weighted by atomic mass is 9.33. The zero-order chi connectivity index (χ0) is 98.6. The summed E-state index contributed by atoms with van der Waals surface area (Å²) >= 11 is 0. The van der Waals surface area contributed by atoms with Crippen LogP contribution < -0.4 is 26.2 Å². The van der Waals surface area contributed by atoms with Crippen LogP contribution in [0.15, 0.2) is 242 Å². The topological polar surface area (TPSA) is 16.3 Å². The highest BCUT2D eigenvalue weighted by Crippen LogP contribution is 2.59. The van der Waals surface area contributed by atoms with Crippen LogP contribution >= 0.6 is 0 Å². The summed E-state index contributed by atoms with van der Waals surface area (Å²) < 4.78 is 82.2. The maximum atomic E-state index is 10.2. The summed E-state index contributed by atoms with van der Waals surface area (Å²) in [7, 11) is 0. The molecule has 0 bridgehead atoms. The zero-order valence-corrected chi connectivity index (χ0v) is 82.3. The van der Waals surface area contributed by atoms with Crippen molar-refractivity contribution in [3.63, 3.8) is 0 Å². The van der Waals surface area contributed by atoms with Crippen molar-refractivity contribution in [3.05, 3.63) is 304 Å². The Hall–Kier alpha value is -10.9. The number of aromatic nitrogens is 2. The van der Waals surface area contributed by atoms with Gasteiger partial charge in [0.1, 0.15) is 0 Å². The zero-order valence-electron chi connectivity index (χ0n) is 90.3. The number of anilines is 6. The first-order valence-corrected chi connectivity index (χ1v) is 46.3. The van der Waals surface area contributed by atoms with E-state index in [0.717, 1.165) is 123 Å². The molecule has 13 aromatic carbocycles. The normalized spacial score (nSPS) is 14.9. The molecule has 2 aromatic heterocycles. The van der Waals surface area contributed by atoms with Crippen LogP contribution in [0, 0.1) is 0 Å². The Morgan fingerprint density at radius 3 is 0.913 bits per heavy atom. The first kappa shape index (κ1) is 78.4. The molecule has 17 rings (SSSR count). The predicted molar refractivity (Wildman–Crippen MR) is 557 cm³/mol. The second-order valence-corrected chi connectivity index (χ2v) is 48.4. The van der Waals surface area contributed by atoms with E-state index in [2.05, 4.69) is 431 Å². The van der Waals surface area contributed by atoms with Crippen molar-refractivity contribution >= 4 is 101 Å². The van der Waals surface area contributed by atoms with Crippen molar-refractivity contribution in [2.45, 2.75) is 288 Å². The van der Waals surface area contributed by atoms with Gasteiger partial charge in [-0.3, -0.25) is 0 Å². The second kappa shape index (κ2) is 29.9. The first-order chi connectivity index (χ1) is 62.3. The number of hydrogen-bond donors (Lipinski definition) is 0. The van der Waals surface area contributed by atoms with E-state index in [1.54, 1.807) is 4.57 Å². The third-order valence-electron chi connectivity index (χ3n) is 27.4. The van der Waals surface area contributed by atoms with Gasteiger partial charge in [-0.1, -0.05) is 374 Å². The van der Waals surface area contributed by atoms with Gasteiger partial charge in [0.2, 0.25) is 0 Å². The van der Waals surface area contributed by atoms with Gasteiger partial charge in [-0.05, 0) is 256 Å². The number of rotatable bonds is 8. The standard InChI is InChI=1S/C122H139BN4/c1-112(2,3)77-49-45-74(46-50-77)90-66-83(118(19,20)21)68-92(76-61-81(116(13,14)15)63-82(62-76)117(16,17)18)110(90)126-104-73-87(125-102-59-53-79(114(7,8)9)64-93(102)94-65-80(115(10,11)12)54-60-103(94)125)56-58-98(104)123-99-57-55-86(124-100-43-36-34-39-88(100)89-40-35-37-44-101(89)124)72-105(99)127(107-71-85(120(25,26)27)70-106(126)109(107)123)111-91(75-47-51-78(52-48-75)113(4,5)6)67-84(119(22,23)24)69-95(111)108-96(121(28,29)30)41-38-42-97(108)122(31,32)33/h34-73H,1-33H3/i34D,35D,36D,37D,39D,40D,43D,44D. The minimum atomic E-state index is -0.568. The summed E-state index contributed by atoms with van der Waals surface area (Å²) in [5.41, 5.74) is 30.8. The molecule has 0 N–H and O–H groups in total. The van der Waals surface area contributed by atoms with Gasteiger partial charge in [-0.2, -0.15) is 0 Å². The van der Waals surface area contributed by atoms with Crippen molar-refractivity contribution in [2.24, 2.45) is 0 Å². The van der Waals surface area contributed by atoms with Crippen molar-refractivity contribution in [2.75, 3.05) is 9.80 Å². The molecule has 0 atom stereocenters. The first-order valence-electron chi connectivity index (χ1n) is 50.3. The molecule has 0 saturated carbocycles. The molecule has 15 aromatic rings. The molecule has 2 aliphatic heterocycles. The van der Waals surface area contributed by atoms with Gasteiger partial charge >= 0.3 is 0 Å². The maximum absolute atomic E-state index is 10.2. The monoisotopic (exact) mass is 1680 g/mol. The SMILES string of the molecule is [2H]c1c([2H])c([2H])c2c(c1[2H])c1c([2H])c([2H])c([2H])c([2H])c1n2-c1ccc2c(c1)N(c1c(-c3ccc(C(C)(C)C)cc3)cc(C(C)(C)C)cc1-c1c(C(C)(C)C)cccc1C(C)(C)C)c1cc(C(C)(C)C)cc3c1B2c1ccc(-n2c4ccc(C(C)(C)C)cc4c4cc(C(C)(C)C)ccc42)cc1N3c1c(-c2ccc(C(C)(C)C)cc2)cc(C(C)(C)C)cc1-c1cc(C(C)(C)C)cc(C(C)(C)C)c1. The predicted octanol–water partition coefficient (Wildman–Crippen LogP) is 32.9. The van der Waals surface area contributed by atoms with E-state index in [9.17, 15) is 11.0 Å². The lowest BCUT2D eigenvalue weighted by Gasteiger charge is -2.47. The van der Waals surface area contributed by atoms with Crippen LogP contribution in [-0.2, 0) is 59.6 Å². The summed E-state index contributed by atoms with van der Waals surface area (Å²) in [5.74, 6) is 0. The summed E-state index contributed by atoms with van der Waals surface area (Å²) in [6.07, 6.45) is 0. The number of para-hydroxylation sites is 2. The summed E-state index contributed by atoms with van der Waals surface area (Å²) in [6, 6.07) is 72.8. The van der Waals surface area contributed by atoms with Gasteiger partial charge in [0.15, 0.2) is 0 Å². The van der Waals surface area contributed by atoms with Crippen LogP contribution in [-0.4, -0.2) is 15.8 Å². The fourth-order valence-electron chi connectivity index (χ4n) is 19.6. The van der Waals surface area contributed by atoms with Gasteiger partial charge < -0.3 is 18.9 Å². The highest BCUT2D eigenvalue weighted by Gasteiger charge is 2.48. The molecular formula is C122H139BN4. The third-order valence-corrected chi connectivity index (χ3v) is 27.4. The Balaban J connectivity index is 1.16. The Labute approximate surface area is 773 Å². The molecule has 0 fully saturated rings.